The highest BCUT2D eigenvalue weighted by molar-refractivity contribution is 6.30. The van der Waals surface area contributed by atoms with E-state index in [-0.39, 0.29) is 11.2 Å². The molecule has 138 valence electrons. The molecule has 0 amide bonds. The zero-order chi connectivity index (χ0) is 18.5. The van der Waals surface area contributed by atoms with Crippen molar-refractivity contribution in [2.45, 2.75) is 25.4 Å². The Morgan fingerprint density at radius 1 is 1.23 bits per heavy atom. The molecular formula is C18H19ClF2N4O. The summed E-state index contributed by atoms with van der Waals surface area (Å²) in [4.78, 5) is 4.19. The van der Waals surface area contributed by atoms with Gasteiger partial charge in [0.15, 0.2) is 0 Å². The van der Waals surface area contributed by atoms with Crippen molar-refractivity contribution in [2.24, 2.45) is 5.73 Å². The monoisotopic (exact) mass is 380 g/mol. The van der Waals surface area contributed by atoms with Crippen molar-refractivity contribution in [3.8, 4) is 0 Å². The highest BCUT2D eigenvalue weighted by atomic mass is 35.5. The maximum atomic E-state index is 13.1. The van der Waals surface area contributed by atoms with E-state index in [0.29, 0.717) is 47.3 Å². The van der Waals surface area contributed by atoms with Gasteiger partial charge >= 0.3 is 6.55 Å². The van der Waals surface area contributed by atoms with Crippen LogP contribution in [0.3, 0.4) is 0 Å². The molecule has 2 aromatic heterocycles. The van der Waals surface area contributed by atoms with Crippen LogP contribution in [0.4, 0.5) is 8.78 Å². The third-order valence-electron chi connectivity index (χ3n) is 4.03. The molecule has 2 heterocycles. The Hall–Kier alpha value is -2.09. The van der Waals surface area contributed by atoms with Gasteiger partial charge in [0, 0.05) is 12.0 Å². The van der Waals surface area contributed by atoms with Gasteiger partial charge in [0.2, 0.25) is 0 Å². The average molecular weight is 381 g/mol. The zero-order valence-corrected chi connectivity index (χ0v) is 14.7. The first-order valence-corrected chi connectivity index (χ1v) is 8.63. The fourth-order valence-electron chi connectivity index (χ4n) is 2.79. The summed E-state index contributed by atoms with van der Waals surface area (Å²) in [5.74, 6) is 0. The fraction of sp³-hybridized carbons (Fsp3) is 0.333. The molecule has 0 unspecified atom stereocenters. The lowest BCUT2D eigenvalue weighted by molar-refractivity contribution is 0.0612. The van der Waals surface area contributed by atoms with E-state index >= 15 is 0 Å². The second-order valence-electron chi connectivity index (χ2n) is 5.89. The molecule has 8 heteroatoms. The number of hydrogen-bond donors (Lipinski definition) is 1. The van der Waals surface area contributed by atoms with Crippen molar-refractivity contribution in [1.29, 1.82) is 0 Å². The Labute approximate surface area is 154 Å². The number of benzene rings is 1. The van der Waals surface area contributed by atoms with Crippen molar-refractivity contribution >= 4 is 22.5 Å². The van der Waals surface area contributed by atoms with E-state index in [1.165, 1.54) is 12.3 Å². The molecule has 0 spiro atoms. The molecule has 0 aliphatic heterocycles. The Bertz CT molecular complexity index is 857. The molecule has 0 saturated heterocycles. The fourth-order valence-corrected chi connectivity index (χ4v) is 3.01. The predicted molar refractivity (Wildman–Crippen MR) is 96.3 cm³/mol. The van der Waals surface area contributed by atoms with Crippen molar-refractivity contribution in [2.75, 3.05) is 13.2 Å². The number of nitrogens with zero attached hydrogens (tertiary/aromatic N) is 3. The van der Waals surface area contributed by atoms with E-state index in [9.17, 15) is 8.78 Å². The van der Waals surface area contributed by atoms with E-state index in [1.54, 1.807) is 0 Å². The maximum Gasteiger partial charge on any atom is 0.333 e. The van der Waals surface area contributed by atoms with Gasteiger partial charge in [-0.1, -0.05) is 41.9 Å². The van der Waals surface area contributed by atoms with Gasteiger partial charge in [0.05, 0.1) is 30.1 Å². The smallest absolute Gasteiger partial charge is 0.333 e. The number of rotatable bonds is 8. The first kappa shape index (κ1) is 18.7. The summed E-state index contributed by atoms with van der Waals surface area (Å²) in [6.45, 7) is -1.90. The molecule has 3 aromatic rings. The molecular weight excluding hydrogens is 362 g/mol. The van der Waals surface area contributed by atoms with Crippen LogP contribution in [-0.4, -0.2) is 28.0 Å². The molecule has 2 N–H and O–H groups in total. The standard InChI is InChI=1S/C18H19ClF2N4O/c19-16-9-13-10-23-25(18(20)21)17(13)15(24-16)7-4-8-26-11-14(22)12-5-2-1-3-6-12/h1-3,5-6,9-10,14,18H,4,7-8,11,22H2/t14-/m1/s1. The van der Waals surface area contributed by atoms with Gasteiger partial charge in [-0.2, -0.15) is 13.9 Å². The van der Waals surface area contributed by atoms with Gasteiger partial charge in [-0.15, -0.1) is 0 Å². The minimum Gasteiger partial charge on any atom is -0.379 e. The quantitative estimate of drug-likeness (QED) is 0.471. The topological polar surface area (TPSA) is 66.0 Å². The number of nitrogens with two attached hydrogens (primary N) is 1. The van der Waals surface area contributed by atoms with Crippen LogP contribution in [0.25, 0.3) is 10.9 Å². The normalized spacial score (nSPS) is 12.8. The summed E-state index contributed by atoms with van der Waals surface area (Å²) >= 11 is 5.98. The number of pyridine rings is 1. The van der Waals surface area contributed by atoms with Crippen LogP contribution in [0.15, 0.2) is 42.6 Å². The molecule has 3 rings (SSSR count). The SMILES string of the molecule is N[C@H](COCCCc1nc(Cl)cc2cnn(C(F)F)c12)c1ccccc1. The Morgan fingerprint density at radius 2 is 2.00 bits per heavy atom. The number of ether oxygens (including phenoxy) is 1. The van der Waals surface area contributed by atoms with E-state index < -0.39 is 6.55 Å². The lowest BCUT2D eigenvalue weighted by Gasteiger charge is -2.12. The maximum absolute atomic E-state index is 13.1. The highest BCUT2D eigenvalue weighted by Gasteiger charge is 2.16. The summed E-state index contributed by atoms with van der Waals surface area (Å²) in [6, 6.07) is 11.0. The second-order valence-corrected chi connectivity index (χ2v) is 6.28. The van der Waals surface area contributed by atoms with Crippen LogP contribution in [0.5, 0.6) is 0 Å². The van der Waals surface area contributed by atoms with Crippen LogP contribution in [-0.2, 0) is 11.2 Å². The largest absolute Gasteiger partial charge is 0.379 e. The highest BCUT2D eigenvalue weighted by Crippen LogP contribution is 2.25. The minimum absolute atomic E-state index is 0.201. The Morgan fingerprint density at radius 3 is 2.73 bits per heavy atom. The number of hydrogen-bond acceptors (Lipinski definition) is 4. The summed E-state index contributed by atoms with van der Waals surface area (Å²) in [6.07, 6.45) is 2.43. The molecule has 1 atom stereocenters. The van der Waals surface area contributed by atoms with Gasteiger partial charge in [-0.25, -0.2) is 9.67 Å². The van der Waals surface area contributed by atoms with Gasteiger partial charge in [0.1, 0.15) is 5.15 Å². The molecule has 0 saturated carbocycles. The van der Waals surface area contributed by atoms with E-state index in [2.05, 4.69) is 10.1 Å². The van der Waals surface area contributed by atoms with Crippen molar-refractivity contribution in [3.63, 3.8) is 0 Å². The van der Waals surface area contributed by atoms with E-state index in [1.807, 2.05) is 30.3 Å². The van der Waals surface area contributed by atoms with Crippen LogP contribution in [0, 0.1) is 0 Å². The van der Waals surface area contributed by atoms with Crippen LogP contribution in [0.1, 0.15) is 30.3 Å². The molecule has 0 fully saturated rings. The molecule has 0 aliphatic carbocycles. The summed E-state index contributed by atoms with van der Waals surface area (Å²) < 4.78 is 32.5. The third kappa shape index (κ3) is 4.35. The molecule has 0 radical (unpaired) electrons. The Kier molecular flexibility index (Phi) is 6.13. The lowest BCUT2D eigenvalue weighted by atomic mass is 10.1. The Balaban J connectivity index is 1.57. The van der Waals surface area contributed by atoms with Crippen LogP contribution in [0.2, 0.25) is 5.15 Å². The van der Waals surface area contributed by atoms with Crippen molar-refractivity contribution < 1.29 is 13.5 Å². The first-order valence-electron chi connectivity index (χ1n) is 8.25. The second kappa shape index (κ2) is 8.53. The minimum atomic E-state index is -2.73. The summed E-state index contributed by atoms with van der Waals surface area (Å²) in [5.41, 5.74) is 7.88. The molecule has 1 aromatic carbocycles. The molecule has 5 nitrogen and oxygen atoms in total. The third-order valence-corrected chi connectivity index (χ3v) is 4.22. The zero-order valence-electron chi connectivity index (χ0n) is 14.0. The number of halogens is 3. The van der Waals surface area contributed by atoms with Crippen LogP contribution >= 0.6 is 11.6 Å². The summed E-state index contributed by atoms with van der Waals surface area (Å²) in [7, 11) is 0. The van der Waals surface area contributed by atoms with Crippen LogP contribution < -0.4 is 5.73 Å². The molecule has 26 heavy (non-hydrogen) atoms. The number of alkyl halides is 2. The number of fused-ring (bicyclic) bond motifs is 1. The van der Waals surface area contributed by atoms with Gasteiger partial charge in [-0.3, -0.25) is 0 Å². The molecule has 0 aliphatic rings. The first-order chi connectivity index (χ1) is 12.6. The summed E-state index contributed by atoms with van der Waals surface area (Å²) in [5, 5.41) is 4.52. The number of aromatic nitrogens is 3. The van der Waals surface area contributed by atoms with E-state index in [4.69, 9.17) is 22.1 Å². The average Bonchev–Trinajstić information content (AvgIpc) is 3.06. The number of aryl methyl sites for hydroxylation is 1. The van der Waals surface area contributed by atoms with Gasteiger partial charge in [0.25, 0.3) is 0 Å². The van der Waals surface area contributed by atoms with Gasteiger partial charge in [-0.05, 0) is 24.5 Å². The van der Waals surface area contributed by atoms with Crippen molar-refractivity contribution in [1.82, 2.24) is 14.8 Å². The van der Waals surface area contributed by atoms with Crippen molar-refractivity contribution in [3.05, 3.63) is 59.0 Å². The predicted octanol–water partition coefficient (Wildman–Crippen LogP) is 4.13. The van der Waals surface area contributed by atoms with Gasteiger partial charge < -0.3 is 10.5 Å². The lowest BCUT2D eigenvalue weighted by Crippen LogP contribution is -2.17. The molecule has 0 bridgehead atoms. The van der Waals surface area contributed by atoms with E-state index in [0.717, 1.165) is 5.56 Å².